The van der Waals surface area contributed by atoms with E-state index in [9.17, 15) is 25.3 Å². The molecule has 0 fully saturated rings. The summed E-state index contributed by atoms with van der Waals surface area (Å²) in [5.74, 6) is 10.0. The first kappa shape index (κ1) is 52.4. The molecule has 0 bridgehead atoms. The summed E-state index contributed by atoms with van der Waals surface area (Å²) >= 11 is 0. The molecular formula is C64H42O12S3. The third-order valence-corrected chi connectivity index (χ3v) is 17.2. The molecule has 0 saturated heterocycles. The van der Waals surface area contributed by atoms with E-state index in [1.54, 1.807) is 176 Å². The second kappa shape index (κ2) is 22.7. The van der Waals surface area contributed by atoms with E-state index in [1.807, 2.05) is 0 Å². The SMILES string of the molecule is C#Cc1cccc(Oc2ccc(S(=O)(=O)c3ccc(Oc4ccc(Oc5ccc(S(=O)(=O)c6ccccc6Oc6ccc(Oc7ccc(S(=O)(=O)c8ccc(Oc9cccc(C#C)c9)cc8)cc7)cc6)cc5)cc4)cc3)cc2)c1. The molecule has 0 aromatic heterocycles. The van der Waals surface area contributed by atoms with Gasteiger partial charge in [0.1, 0.15) is 73.9 Å². The van der Waals surface area contributed by atoms with Gasteiger partial charge in [-0.25, -0.2) is 25.3 Å². The molecule has 0 aliphatic rings. The van der Waals surface area contributed by atoms with Gasteiger partial charge in [-0.2, -0.15) is 0 Å². The third kappa shape index (κ3) is 12.3. The summed E-state index contributed by atoms with van der Waals surface area (Å²) < 4.78 is 117. The molecule has 10 aromatic rings. The Bertz CT molecular complexity index is 4250. The molecular weight excluding hydrogens is 1060 g/mol. The quantitative estimate of drug-likeness (QED) is 0.0750. The normalized spacial score (nSPS) is 11.3. The monoisotopic (exact) mass is 1100 g/mol. The molecule has 0 aliphatic carbocycles. The molecule has 12 nitrogen and oxygen atoms in total. The molecule has 79 heavy (non-hydrogen) atoms. The lowest BCUT2D eigenvalue weighted by molar-refractivity contribution is 0.460. The van der Waals surface area contributed by atoms with Crippen LogP contribution >= 0.6 is 0 Å². The molecule has 10 aromatic carbocycles. The van der Waals surface area contributed by atoms with Gasteiger partial charge in [-0.15, -0.1) is 12.8 Å². The Labute approximate surface area is 457 Å². The summed E-state index contributed by atoms with van der Waals surface area (Å²) in [6, 6.07) is 63.8. The highest BCUT2D eigenvalue weighted by Gasteiger charge is 2.24. The first-order chi connectivity index (χ1) is 38.2. The van der Waals surface area contributed by atoms with Gasteiger partial charge in [0.05, 0.1) is 24.5 Å². The van der Waals surface area contributed by atoms with E-state index in [0.29, 0.717) is 74.4 Å². The largest absolute Gasteiger partial charge is 0.457 e. The topological polar surface area (TPSA) is 158 Å². The number of rotatable bonds is 18. The van der Waals surface area contributed by atoms with Gasteiger partial charge in [-0.05, 0) is 218 Å². The Kier molecular flexibility index (Phi) is 15.0. The molecule has 388 valence electrons. The summed E-state index contributed by atoms with van der Waals surface area (Å²) in [6.45, 7) is 0. The molecule has 0 unspecified atom stereocenters. The zero-order valence-electron chi connectivity index (χ0n) is 41.4. The van der Waals surface area contributed by atoms with Gasteiger partial charge in [0, 0.05) is 11.1 Å². The predicted octanol–water partition coefficient (Wildman–Crippen LogP) is 14.9. The summed E-state index contributed by atoms with van der Waals surface area (Å²) in [5, 5.41) is 0. The highest BCUT2D eigenvalue weighted by molar-refractivity contribution is 7.92. The van der Waals surface area contributed by atoms with E-state index in [0.717, 1.165) is 0 Å². The Morgan fingerprint density at radius 3 is 0.810 bits per heavy atom. The summed E-state index contributed by atoms with van der Waals surface area (Å²) in [7, 11) is -11.8. The van der Waals surface area contributed by atoms with E-state index in [-0.39, 0.29) is 35.1 Å². The van der Waals surface area contributed by atoms with Gasteiger partial charge in [-0.1, -0.05) is 36.1 Å². The van der Waals surface area contributed by atoms with Gasteiger partial charge in [0.25, 0.3) is 0 Å². The van der Waals surface area contributed by atoms with E-state index in [4.69, 9.17) is 41.3 Å². The van der Waals surface area contributed by atoms with Gasteiger partial charge in [-0.3, -0.25) is 0 Å². The van der Waals surface area contributed by atoms with E-state index in [2.05, 4.69) is 11.8 Å². The number of para-hydroxylation sites is 1. The van der Waals surface area contributed by atoms with Crippen molar-refractivity contribution < 1.29 is 53.7 Å². The molecule has 15 heteroatoms. The molecule has 0 spiro atoms. The first-order valence-corrected chi connectivity index (χ1v) is 28.4. The Balaban J connectivity index is 0.715. The van der Waals surface area contributed by atoms with Crippen molar-refractivity contribution >= 4 is 29.5 Å². The molecule has 0 N–H and O–H groups in total. The van der Waals surface area contributed by atoms with Crippen LogP contribution in [0.2, 0.25) is 0 Å². The molecule has 0 amide bonds. The summed E-state index contributed by atoms with van der Waals surface area (Å²) in [4.78, 5) is 0.304. The van der Waals surface area contributed by atoms with Crippen LogP contribution in [0.15, 0.2) is 272 Å². The number of hydrogen-bond acceptors (Lipinski definition) is 12. The third-order valence-electron chi connectivity index (χ3n) is 11.9. The first-order valence-electron chi connectivity index (χ1n) is 24.0. The minimum atomic E-state index is -4.07. The number of hydrogen-bond donors (Lipinski definition) is 0. The van der Waals surface area contributed by atoms with Crippen LogP contribution in [0.4, 0.5) is 0 Å². The minimum Gasteiger partial charge on any atom is -0.457 e. The Morgan fingerprint density at radius 2 is 0.506 bits per heavy atom. The lowest BCUT2D eigenvalue weighted by Crippen LogP contribution is -2.04. The average Bonchev–Trinajstić information content (AvgIpc) is 3.48. The van der Waals surface area contributed by atoms with Gasteiger partial charge in [0.2, 0.25) is 29.5 Å². The van der Waals surface area contributed by atoms with Crippen molar-refractivity contribution in [2.75, 3.05) is 0 Å². The second-order valence-corrected chi connectivity index (χ2v) is 23.0. The van der Waals surface area contributed by atoms with Crippen molar-refractivity contribution in [2.45, 2.75) is 29.4 Å². The lowest BCUT2D eigenvalue weighted by Gasteiger charge is -2.13. The Morgan fingerprint density at radius 1 is 0.253 bits per heavy atom. The van der Waals surface area contributed by atoms with Crippen LogP contribution in [0.25, 0.3) is 0 Å². The standard InChI is InChI=1S/C64H42O12S3/c1-3-45-9-7-11-56(43-45)74-53-27-37-60(38-28-53)77(65,66)58-33-23-50(24-34-58)71-47-15-17-48(18-16-47)72-52-31-41-62(42-32-52)79(69,70)64-14-6-5-13-63(64)76-55-21-19-49(20-22-55)73-51-25-35-59(36-26-51)78(67,68)61-39-29-54(30-40-61)75-57-12-8-10-46(4-2)44-57/h1-2,5-44H. The fourth-order valence-electron chi connectivity index (χ4n) is 7.85. The van der Waals surface area contributed by atoms with Crippen molar-refractivity contribution in [3.05, 3.63) is 254 Å². The number of terminal acetylenes is 2. The molecule has 10 rings (SSSR count). The van der Waals surface area contributed by atoms with Gasteiger partial charge in [0.15, 0.2) is 0 Å². The lowest BCUT2D eigenvalue weighted by atomic mass is 10.2. The van der Waals surface area contributed by atoms with Crippen LogP contribution < -0.4 is 28.4 Å². The fourth-order valence-corrected chi connectivity index (χ4v) is 11.7. The van der Waals surface area contributed by atoms with Crippen LogP contribution in [0, 0.1) is 24.7 Å². The maximum atomic E-state index is 14.0. The highest BCUT2D eigenvalue weighted by Crippen LogP contribution is 2.37. The van der Waals surface area contributed by atoms with Crippen LogP contribution in [0.1, 0.15) is 11.1 Å². The maximum Gasteiger partial charge on any atom is 0.210 e. The van der Waals surface area contributed by atoms with Crippen molar-refractivity contribution in [3.63, 3.8) is 0 Å². The Hall–Kier alpha value is -10.0. The van der Waals surface area contributed by atoms with E-state index in [1.165, 1.54) is 66.7 Å². The molecule has 0 aliphatic heterocycles. The van der Waals surface area contributed by atoms with Crippen LogP contribution in [0.5, 0.6) is 69.0 Å². The highest BCUT2D eigenvalue weighted by atomic mass is 32.2. The molecule has 0 atom stereocenters. The molecule has 0 heterocycles. The molecule has 0 radical (unpaired) electrons. The van der Waals surface area contributed by atoms with Crippen molar-refractivity contribution in [3.8, 4) is 93.7 Å². The zero-order valence-corrected chi connectivity index (χ0v) is 43.8. The van der Waals surface area contributed by atoms with Crippen molar-refractivity contribution in [1.29, 1.82) is 0 Å². The zero-order chi connectivity index (χ0) is 55.0. The van der Waals surface area contributed by atoms with Crippen molar-refractivity contribution in [2.24, 2.45) is 0 Å². The fraction of sp³-hybridized carbons (Fsp3) is 0. The van der Waals surface area contributed by atoms with Crippen molar-refractivity contribution in [1.82, 2.24) is 0 Å². The smallest absolute Gasteiger partial charge is 0.210 e. The van der Waals surface area contributed by atoms with Crippen LogP contribution in [-0.2, 0) is 29.5 Å². The number of benzene rings is 10. The summed E-state index contributed by atoms with van der Waals surface area (Å²) in [6.07, 6.45) is 11.0. The van der Waals surface area contributed by atoms with Crippen LogP contribution in [-0.4, -0.2) is 25.3 Å². The van der Waals surface area contributed by atoms with Gasteiger partial charge < -0.3 is 28.4 Å². The van der Waals surface area contributed by atoms with Gasteiger partial charge >= 0.3 is 0 Å². The molecule has 0 saturated carbocycles. The second-order valence-electron chi connectivity index (χ2n) is 17.2. The maximum absolute atomic E-state index is 14.0. The number of ether oxygens (including phenoxy) is 6. The average molecular weight is 1100 g/mol. The van der Waals surface area contributed by atoms with E-state index >= 15 is 0 Å². The number of sulfone groups is 3. The minimum absolute atomic E-state index is 0.0129. The summed E-state index contributed by atoms with van der Waals surface area (Å²) in [5.41, 5.74) is 1.32. The predicted molar refractivity (Wildman–Crippen MR) is 297 cm³/mol. The van der Waals surface area contributed by atoms with Crippen LogP contribution in [0.3, 0.4) is 0 Å². The van der Waals surface area contributed by atoms with E-state index < -0.39 is 29.5 Å².